The summed E-state index contributed by atoms with van der Waals surface area (Å²) in [7, 11) is 0. The van der Waals surface area contributed by atoms with E-state index in [0.29, 0.717) is 5.56 Å². The molecule has 0 aliphatic carbocycles. The van der Waals surface area contributed by atoms with Gasteiger partial charge in [0.1, 0.15) is 0 Å². The van der Waals surface area contributed by atoms with Crippen LogP contribution >= 0.6 is 0 Å². The molecule has 0 atom stereocenters. The highest BCUT2D eigenvalue weighted by Crippen LogP contribution is 2.19. The Bertz CT molecular complexity index is 574. The van der Waals surface area contributed by atoms with Gasteiger partial charge in [-0.2, -0.15) is 0 Å². The van der Waals surface area contributed by atoms with Crippen LogP contribution in [0.4, 0.5) is 5.82 Å². The van der Waals surface area contributed by atoms with Crippen molar-refractivity contribution in [2.45, 2.75) is 13.8 Å². The van der Waals surface area contributed by atoms with E-state index < -0.39 is 0 Å². The van der Waals surface area contributed by atoms with Crippen molar-refractivity contribution in [1.82, 2.24) is 4.98 Å². The van der Waals surface area contributed by atoms with Crippen molar-refractivity contribution >= 4 is 11.7 Å². The molecule has 0 aliphatic heterocycles. The van der Waals surface area contributed by atoms with Gasteiger partial charge in [0.2, 0.25) is 0 Å². The average Bonchev–Trinajstić information content (AvgIpc) is 2.31. The van der Waals surface area contributed by atoms with Gasteiger partial charge in [-0.15, -0.1) is 0 Å². The number of nitrogens with one attached hydrogen (secondary N) is 1. The lowest BCUT2D eigenvalue weighted by Crippen LogP contribution is -2.13. The van der Waals surface area contributed by atoms with E-state index in [2.05, 4.69) is 10.3 Å². The highest BCUT2D eigenvalue weighted by molar-refractivity contribution is 6.04. The third kappa shape index (κ3) is 2.66. The van der Waals surface area contributed by atoms with Crippen LogP contribution in [0.2, 0.25) is 0 Å². The fourth-order valence-electron chi connectivity index (χ4n) is 1.78. The molecule has 2 rings (SSSR count). The van der Waals surface area contributed by atoms with Crippen molar-refractivity contribution in [3.8, 4) is 5.75 Å². The Labute approximate surface area is 105 Å². The summed E-state index contributed by atoms with van der Waals surface area (Å²) < 4.78 is 0. The summed E-state index contributed by atoms with van der Waals surface area (Å²) in [6, 6.07) is 8.66. The first-order chi connectivity index (χ1) is 8.56. The molecule has 1 heterocycles. The quantitative estimate of drug-likeness (QED) is 0.851. The van der Waals surface area contributed by atoms with Crippen molar-refractivity contribution in [3.63, 3.8) is 0 Å². The monoisotopic (exact) mass is 242 g/mol. The SMILES string of the molecule is Cc1cc(C)cc(C(=O)Nc2ncccc2O)c1. The Kier molecular flexibility index (Phi) is 3.28. The van der Waals surface area contributed by atoms with Gasteiger partial charge >= 0.3 is 0 Å². The van der Waals surface area contributed by atoms with Crippen LogP contribution in [0.3, 0.4) is 0 Å². The first-order valence-electron chi connectivity index (χ1n) is 5.60. The van der Waals surface area contributed by atoms with Crippen LogP contribution in [0.15, 0.2) is 36.5 Å². The van der Waals surface area contributed by atoms with Gasteiger partial charge in [-0.1, -0.05) is 17.2 Å². The number of aryl methyl sites for hydroxylation is 2. The number of nitrogens with zero attached hydrogens (tertiary/aromatic N) is 1. The van der Waals surface area contributed by atoms with Crippen LogP contribution in [-0.2, 0) is 0 Å². The largest absolute Gasteiger partial charge is 0.504 e. The summed E-state index contributed by atoms with van der Waals surface area (Å²) in [5.41, 5.74) is 2.59. The fourth-order valence-corrected chi connectivity index (χ4v) is 1.78. The van der Waals surface area contributed by atoms with Gasteiger partial charge in [0, 0.05) is 11.8 Å². The van der Waals surface area contributed by atoms with E-state index in [9.17, 15) is 9.90 Å². The maximum atomic E-state index is 12.0. The molecule has 1 amide bonds. The van der Waals surface area contributed by atoms with Crippen LogP contribution in [-0.4, -0.2) is 16.0 Å². The fraction of sp³-hybridized carbons (Fsp3) is 0.143. The number of aromatic nitrogens is 1. The van der Waals surface area contributed by atoms with E-state index in [-0.39, 0.29) is 17.5 Å². The van der Waals surface area contributed by atoms with E-state index in [0.717, 1.165) is 11.1 Å². The predicted molar refractivity (Wildman–Crippen MR) is 69.8 cm³/mol. The maximum absolute atomic E-state index is 12.0. The van der Waals surface area contributed by atoms with Gasteiger partial charge in [-0.05, 0) is 38.1 Å². The molecule has 0 aliphatic rings. The molecule has 0 fully saturated rings. The Morgan fingerprint density at radius 2 is 1.89 bits per heavy atom. The molecule has 0 radical (unpaired) electrons. The molecule has 2 N–H and O–H groups in total. The van der Waals surface area contributed by atoms with Gasteiger partial charge < -0.3 is 10.4 Å². The molecule has 4 nitrogen and oxygen atoms in total. The van der Waals surface area contributed by atoms with Gasteiger partial charge in [0.15, 0.2) is 11.6 Å². The molecule has 4 heteroatoms. The molecule has 0 spiro atoms. The van der Waals surface area contributed by atoms with Gasteiger partial charge in [-0.3, -0.25) is 4.79 Å². The number of carbonyl (C=O) groups is 1. The standard InChI is InChI=1S/C14H14N2O2/c1-9-6-10(2)8-11(7-9)14(18)16-13-12(17)4-3-5-15-13/h3-8,17H,1-2H3,(H,15,16,18). The second-order valence-electron chi connectivity index (χ2n) is 4.20. The average molecular weight is 242 g/mol. The Morgan fingerprint density at radius 1 is 1.22 bits per heavy atom. The van der Waals surface area contributed by atoms with Gasteiger partial charge in [0.25, 0.3) is 5.91 Å². The van der Waals surface area contributed by atoms with Crippen molar-refractivity contribution < 1.29 is 9.90 Å². The highest BCUT2D eigenvalue weighted by Gasteiger charge is 2.10. The van der Waals surface area contributed by atoms with Crippen LogP contribution in [0.1, 0.15) is 21.5 Å². The zero-order chi connectivity index (χ0) is 13.1. The lowest BCUT2D eigenvalue weighted by atomic mass is 10.1. The molecular formula is C14H14N2O2. The predicted octanol–water partition coefficient (Wildman–Crippen LogP) is 2.66. The van der Waals surface area contributed by atoms with E-state index in [1.54, 1.807) is 18.2 Å². The maximum Gasteiger partial charge on any atom is 0.256 e. The summed E-state index contributed by atoms with van der Waals surface area (Å²) in [5, 5.41) is 12.1. The van der Waals surface area contributed by atoms with Crippen molar-refractivity contribution in [1.29, 1.82) is 0 Å². The van der Waals surface area contributed by atoms with Gasteiger partial charge in [0.05, 0.1) is 0 Å². The Morgan fingerprint density at radius 3 is 2.50 bits per heavy atom. The topological polar surface area (TPSA) is 62.2 Å². The minimum Gasteiger partial charge on any atom is -0.504 e. The second kappa shape index (κ2) is 4.87. The number of aromatic hydroxyl groups is 1. The third-order valence-electron chi connectivity index (χ3n) is 2.50. The normalized spacial score (nSPS) is 10.1. The molecule has 0 saturated heterocycles. The zero-order valence-corrected chi connectivity index (χ0v) is 10.3. The summed E-state index contributed by atoms with van der Waals surface area (Å²) >= 11 is 0. The van der Waals surface area contributed by atoms with Crippen molar-refractivity contribution in [2.75, 3.05) is 5.32 Å². The molecule has 0 unspecified atom stereocenters. The summed E-state index contributed by atoms with van der Waals surface area (Å²) in [5.74, 6) is -0.160. The van der Waals surface area contributed by atoms with Gasteiger partial charge in [-0.25, -0.2) is 4.98 Å². The van der Waals surface area contributed by atoms with Crippen molar-refractivity contribution in [3.05, 3.63) is 53.2 Å². The molecular weight excluding hydrogens is 228 g/mol. The van der Waals surface area contributed by atoms with E-state index in [1.165, 1.54) is 12.3 Å². The summed E-state index contributed by atoms with van der Waals surface area (Å²) in [6.07, 6.45) is 1.51. The minimum atomic E-state index is -0.282. The molecule has 1 aromatic heterocycles. The first-order valence-corrected chi connectivity index (χ1v) is 5.60. The van der Waals surface area contributed by atoms with E-state index in [1.807, 2.05) is 19.9 Å². The minimum absolute atomic E-state index is 0.0461. The number of benzene rings is 1. The van der Waals surface area contributed by atoms with Crippen LogP contribution in [0.5, 0.6) is 5.75 Å². The molecule has 0 saturated carbocycles. The van der Waals surface area contributed by atoms with Crippen LogP contribution in [0.25, 0.3) is 0 Å². The molecule has 92 valence electrons. The summed E-state index contributed by atoms with van der Waals surface area (Å²) in [6.45, 7) is 3.87. The van der Waals surface area contributed by atoms with E-state index in [4.69, 9.17) is 0 Å². The number of anilines is 1. The van der Waals surface area contributed by atoms with E-state index >= 15 is 0 Å². The number of hydrogen-bond acceptors (Lipinski definition) is 3. The number of carbonyl (C=O) groups excluding carboxylic acids is 1. The van der Waals surface area contributed by atoms with Crippen LogP contribution < -0.4 is 5.32 Å². The van der Waals surface area contributed by atoms with Crippen LogP contribution in [0, 0.1) is 13.8 Å². The smallest absolute Gasteiger partial charge is 0.256 e. The number of pyridine rings is 1. The number of hydrogen-bond donors (Lipinski definition) is 2. The third-order valence-corrected chi connectivity index (χ3v) is 2.50. The van der Waals surface area contributed by atoms with Crippen molar-refractivity contribution in [2.24, 2.45) is 0 Å². The second-order valence-corrected chi connectivity index (χ2v) is 4.20. The lowest BCUT2D eigenvalue weighted by Gasteiger charge is -2.07. The number of amides is 1. The molecule has 2 aromatic rings. The molecule has 1 aromatic carbocycles. The molecule has 18 heavy (non-hydrogen) atoms. The number of rotatable bonds is 2. The summed E-state index contributed by atoms with van der Waals surface area (Å²) in [4.78, 5) is 15.9. The highest BCUT2D eigenvalue weighted by atomic mass is 16.3. The lowest BCUT2D eigenvalue weighted by molar-refractivity contribution is 0.102. The molecule has 0 bridgehead atoms. The Balaban J connectivity index is 2.25. The zero-order valence-electron chi connectivity index (χ0n) is 10.3. The first kappa shape index (κ1) is 12.1. The Hall–Kier alpha value is -2.36.